The molecule has 0 unspecified atom stereocenters. The number of nitrogens with zero attached hydrogens (tertiary/aromatic N) is 2. The molecule has 0 aromatic carbocycles. The molecule has 5 nitrogen and oxygen atoms in total. The number of pyridine rings is 1. The molecule has 0 spiro atoms. The number of carbonyl (C=O) groups excluding carboxylic acids is 1. The Bertz CT molecular complexity index is 444. The third-order valence-corrected chi connectivity index (χ3v) is 3.42. The number of nitrogens with two attached hydrogens (primary N) is 1. The molecule has 0 radical (unpaired) electrons. The molecule has 3 N–H and O–H groups in total. The number of aliphatic hydroxyl groups excluding tert-OH is 1. The number of aliphatic hydroxyl groups is 1. The second kappa shape index (κ2) is 5.35. The van der Waals surface area contributed by atoms with Crippen molar-refractivity contribution in [1.82, 2.24) is 9.88 Å². The topological polar surface area (TPSA) is 79.5 Å². The van der Waals surface area contributed by atoms with Crippen LogP contribution < -0.4 is 5.73 Å². The van der Waals surface area contributed by atoms with Crippen molar-refractivity contribution in [2.75, 3.05) is 18.9 Å². The van der Waals surface area contributed by atoms with Gasteiger partial charge in [-0.15, -0.1) is 0 Å². The lowest BCUT2D eigenvalue weighted by Crippen LogP contribution is -2.45. The highest BCUT2D eigenvalue weighted by Crippen LogP contribution is 2.27. The highest BCUT2D eigenvalue weighted by molar-refractivity contribution is 5.99. The maximum absolute atomic E-state index is 12.4. The molecule has 1 aliphatic rings. The lowest BCUT2D eigenvalue weighted by atomic mass is 9.91. The highest BCUT2D eigenvalue weighted by Gasteiger charge is 2.29. The maximum atomic E-state index is 12.4. The van der Waals surface area contributed by atoms with Gasteiger partial charge in [-0.2, -0.15) is 0 Å². The van der Waals surface area contributed by atoms with E-state index >= 15 is 0 Å². The van der Waals surface area contributed by atoms with Crippen molar-refractivity contribution in [3.63, 3.8) is 0 Å². The van der Waals surface area contributed by atoms with Crippen LogP contribution >= 0.6 is 0 Å². The van der Waals surface area contributed by atoms with E-state index in [4.69, 9.17) is 10.8 Å². The molecular formula is C13H19N3O2. The van der Waals surface area contributed by atoms with Gasteiger partial charge in [-0.3, -0.25) is 9.78 Å². The van der Waals surface area contributed by atoms with Crippen molar-refractivity contribution >= 4 is 11.6 Å². The summed E-state index contributed by atoms with van der Waals surface area (Å²) >= 11 is 0. The van der Waals surface area contributed by atoms with E-state index < -0.39 is 0 Å². The summed E-state index contributed by atoms with van der Waals surface area (Å²) in [4.78, 5) is 18.2. The van der Waals surface area contributed by atoms with Crippen LogP contribution in [0.4, 0.5) is 5.69 Å². The Labute approximate surface area is 107 Å². The van der Waals surface area contributed by atoms with Crippen molar-refractivity contribution in [2.45, 2.75) is 32.2 Å². The van der Waals surface area contributed by atoms with E-state index in [-0.39, 0.29) is 18.6 Å². The summed E-state index contributed by atoms with van der Waals surface area (Å²) in [7, 11) is 0. The molecule has 0 atom stereocenters. The van der Waals surface area contributed by atoms with Gasteiger partial charge in [-0.25, -0.2) is 0 Å². The Kier molecular flexibility index (Phi) is 3.81. The van der Waals surface area contributed by atoms with Crippen molar-refractivity contribution in [3.8, 4) is 0 Å². The monoisotopic (exact) mass is 249 g/mol. The Hall–Kier alpha value is -1.62. The summed E-state index contributed by atoms with van der Waals surface area (Å²) in [5.41, 5.74) is 7.54. The van der Waals surface area contributed by atoms with Crippen LogP contribution in [0.15, 0.2) is 12.3 Å². The van der Waals surface area contributed by atoms with Crippen LogP contribution in [-0.2, 0) is 0 Å². The van der Waals surface area contributed by atoms with Gasteiger partial charge in [0, 0.05) is 30.2 Å². The summed E-state index contributed by atoms with van der Waals surface area (Å²) in [5.74, 6) is -0.126. The van der Waals surface area contributed by atoms with E-state index in [1.165, 1.54) is 6.20 Å². The number of hydrogen-bond donors (Lipinski definition) is 2. The molecule has 1 aromatic heterocycles. The number of aryl methyl sites for hydroxylation is 1. The second-order valence-corrected chi connectivity index (χ2v) is 4.72. The summed E-state index contributed by atoms with van der Waals surface area (Å²) in [6.45, 7) is 2.17. The summed E-state index contributed by atoms with van der Waals surface area (Å²) in [6, 6.07) is 1.94. The van der Waals surface area contributed by atoms with Crippen LogP contribution in [0.3, 0.4) is 0 Å². The molecule has 1 amide bonds. The first kappa shape index (κ1) is 12.8. The van der Waals surface area contributed by atoms with Crippen LogP contribution in [0, 0.1) is 6.92 Å². The summed E-state index contributed by atoms with van der Waals surface area (Å²) in [5, 5.41) is 9.07. The van der Waals surface area contributed by atoms with Crippen molar-refractivity contribution in [2.24, 2.45) is 0 Å². The first-order valence-electron chi connectivity index (χ1n) is 6.27. The Morgan fingerprint density at radius 3 is 2.83 bits per heavy atom. The molecule has 18 heavy (non-hydrogen) atoms. The van der Waals surface area contributed by atoms with Crippen LogP contribution in [0.25, 0.3) is 0 Å². The zero-order chi connectivity index (χ0) is 13.1. The van der Waals surface area contributed by atoms with Gasteiger partial charge >= 0.3 is 0 Å². The minimum atomic E-state index is -0.126. The fourth-order valence-electron chi connectivity index (χ4n) is 2.17. The number of hydrogen-bond acceptors (Lipinski definition) is 4. The normalized spacial score (nSPS) is 15.2. The lowest BCUT2D eigenvalue weighted by Gasteiger charge is -2.37. The van der Waals surface area contributed by atoms with E-state index in [9.17, 15) is 4.79 Å². The predicted molar refractivity (Wildman–Crippen MR) is 69.1 cm³/mol. The smallest absolute Gasteiger partial charge is 0.257 e. The average Bonchev–Trinajstić information content (AvgIpc) is 2.25. The molecule has 2 rings (SSSR count). The minimum absolute atomic E-state index is 0.0264. The Morgan fingerprint density at radius 2 is 2.33 bits per heavy atom. The molecule has 1 aliphatic carbocycles. The molecule has 1 heterocycles. The number of anilines is 1. The van der Waals surface area contributed by atoms with Gasteiger partial charge in [0.2, 0.25) is 0 Å². The average molecular weight is 249 g/mol. The summed E-state index contributed by atoms with van der Waals surface area (Å²) in [6.07, 6.45) is 4.67. The molecular weight excluding hydrogens is 230 g/mol. The fraction of sp³-hybridized carbons (Fsp3) is 0.538. The molecule has 1 saturated carbocycles. The number of amides is 1. The van der Waals surface area contributed by atoms with Crippen molar-refractivity contribution < 1.29 is 9.90 Å². The van der Waals surface area contributed by atoms with E-state index in [2.05, 4.69) is 4.98 Å². The number of rotatable bonds is 4. The van der Waals surface area contributed by atoms with Crippen LogP contribution in [-0.4, -0.2) is 40.1 Å². The van der Waals surface area contributed by atoms with Gasteiger partial charge in [0.05, 0.1) is 12.2 Å². The van der Waals surface area contributed by atoms with Crippen LogP contribution in [0.2, 0.25) is 0 Å². The van der Waals surface area contributed by atoms with Gasteiger partial charge in [-0.05, 0) is 32.3 Å². The van der Waals surface area contributed by atoms with Crippen molar-refractivity contribution in [3.05, 3.63) is 23.5 Å². The third kappa shape index (κ3) is 2.46. The van der Waals surface area contributed by atoms with Crippen molar-refractivity contribution in [1.29, 1.82) is 0 Å². The first-order chi connectivity index (χ1) is 8.63. The van der Waals surface area contributed by atoms with E-state index in [1.807, 2.05) is 6.92 Å². The Morgan fingerprint density at radius 1 is 1.61 bits per heavy atom. The van der Waals surface area contributed by atoms with Gasteiger partial charge in [0.1, 0.15) is 0 Å². The van der Waals surface area contributed by atoms with E-state index in [0.29, 0.717) is 17.8 Å². The lowest BCUT2D eigenvalue weighted by molar-refractivity contribution is 0.0526. The molecule has 0 saturated heterocycles. The van der Waals surface area contributed by atoms with Gasteiger partial charge in [0.25, 0.3) is 5.91 Å². The molecule has 0 aliphatic heterocycles. The largest absolute Gasteiger partial charge is 0.398 e. The zero-order valence-electron chi connectivity index (χ0n) is 10.6. The number of carbonyl (C=O) groups is 1. The highest BCUT2D eigenvalue weighted by atomic mass is 16.3. The quantitative estimate of drug-likeness (QED) is 0.833. The standard InChI is InChI=1S/C13H19N3O2/c1-9-7-12(14)11(8-15-9)13(18)16(5-6-17)10-3-2-4-10/h7-8,10,17H,2-6H2,1H3,(H2,14,15). The van der Waals surface area contributed by atoms with Crippen LogP contribution in [0.1, 0.15) is 35.3 Å². The molecule has 1 aromatic rings. The fourth-order valence-corrected chi connectivity index (χ4v) is 2.17. The van der Waals surface area contributed by atoms with E-state index in [0.717, 1.165) is 25.0 Å². The second-order valence-electron chi connectivity index (χ2n) is 4.72. The molecule has 5 heteroatoms. The maximum Gasteiger partial charge on any atom is 0.257 e. The molecule has 1 fully saturated rings. The summed E-state index contributed by atoms with van der Waals surface area (Å²) < 4.78 is 0. The first-order valence-corrected chi connectivity index (χ1v) is 6.27. The third-order valence-electron chi connectivity index (χ3n) is 3.42. The van der Waals surface area contributed by atoms with Gasteiger partial charge < -0.3 is 15.7 Å². The predicted octanol–water partition coefficient (Wildman–Crippen LogP) is 0.959. The zero-order valence-corrected chi connectivity index (χ0v) is 10.6. The van der Waals surface area contributed by atoms with Crippen LogP contribution in [0.5, 0.6) is 0 Å². The van der Waals surface area contributed by atoms with Gasteiger partial charge in [0.15, 0.2) is 0 Å². The number of nitrogen functional groups attached to an aromatic ring is 1. The van der Waals surface area contributed by atoms with Gasteiger partial charge in [-0.1, -0.05) is 0 Å². The van der Waals surface area contributed by atoms with E-state index in [1.54, 1.807) is 11.0 Å². The Balaban J connectivity index is 2.21. The minimum Gasteiger partial charge on any atom is -0.398 e. The number of aromatic nitrogens is 1. The molecule has 98 valence electrons. The molecule has 0 bridgehead atoms. The SMILES string of the molecule is Cc1cc(N)c(C(=O)N(CCO)C2CCC2)cn1.